The first-order chi connectivity index (χ1) is 8.22. The molecule has 0 amide bonds. The lowest BCUT2D eigenvalue weighted by atomic mass is 10.3. The Morgan fingerprint density at radius 2 is 1.22 bits per heavy atom. The van der Waals surface area contributed by atoms with E-state index in [1.807, 2.05) is 18.6 Å². The molecule has 0 aliphatic rings. The molecule has 10 heteroatoms. The summed E-state index contributed by atoms with van der Waals surface area (Å²) < 4.78 is 31.6. The van der Waals surface area contributed by atoms with Crippen LogP contribution in [0.2, 0.25) is 0 Å². The Kier molecular flexibility index (Phi) is 20.8. The molecule has 0 radical (unpaired) electrons. The highest BCUT2D eigenvalue weighted by Crippen LogP contribution is 2.02. The average Bonchev–Trinajstić information content (AvgIpc) is 2.18. The molecule has 0 aromatic heterocycles. The van der Waals surface area contributed by atoms with Gasteiger partial charge >= 0.3 is 10.4 Å². The third-order valence-electron chi connectivity index (χ3n) is 0.756. The normalized spacial score (nSPS) is 8.56. The monoisotopic (exact) mass is 318 g/mol. The van der Waals surface area contributed by atoms with E-state index in [4.69, 9.17) is 32.9 Å². The second-order valence-corrected chi connectivity index (χ2v) is 4.09. The summed E-state index contributed by atoms with van der Waals surface area (Å²) in [6, 6.07) is 8.71. The number of aromatic hydroxyl groups is 1. The van der Waals surface area contributed by atoms with E-state index in [9.17, 15) is 0 Å². The summed E-state index contributed by atoms with van der Waals surface area (Å²) in [5, 5.41) is 18.2. The molecule has 7 nitrogen and oxygen atoms in total. The number of phenols is 1. The van der Waals surface area contributed by atoms with Crippen LogP contribution in [-0.2, 0) is 10.4 Å². The van der Waals surface area contributed by atoms with Crippen molar-refractivity contribution in [1.82, 2.24) is 0 Å². The number of phenolic OH excluding ortho intramolecular Hbond substituents is 1. The summed E-state index contributed by atoms with van der Waals surface area (Å²) in [6.45, 7) is 0. The maximum Gasteiger partial charge on any atom is 0.394 e. The predicted molar refractivity (Wildman–Crippen MR) is 77.7 cm³/mol. The Hall–Kier alpha value is -0.490. The van der Waals surface area contributed by atoms with Crippen LogP contribution in [0.4, 0.5) is 0 Å². The summed E-state index contributed by atoms with van der Waals surface area (Å²) in [5.41, 5.74) is 0. The van der Waals surface area contributed by atoms with Crippen LogP contribution in [0.25, 0.3) is 0 Å². The fourth-order valence-corrected chi connectivity index (χ4v) is 0.428. The molecule has 108 valence electrons. The molecule has 0 saturated heterocycles. The van der Waals surface area contributed by atoms with Gasteiger partial charge in [0.15, 0.2) is 0 Å². The van der Waals surface area contributed by atoms with Crippen molar-refractivity contribution in [3.8, 4) is 5.75 Å². The van der Waals surface area contributed by atoms with Gasteiger partial charge in [0, 0.05) is 0 Å². The zero-order chi connectivity index (χ0) is 15.0. The van der Waals surface area contributed by atoms with Crippen molar-refractivity contribution < 1.29 is 22.6 Å². The third-order valence-corrected chi connectivity index (χ3v) is 0.756. The number of benzene rings is 1. The van der Waals surface area contributed by atoms with Crippen molar-refractivity contribution in [3.05, 3.63) is 30.3 Å². The Morgan fingerprint density at radius 1 is 1.00 bits per heavy atom. The lowest BCUT2D eigenvalue weighted by Gasteiger charge is -1.82. The molecule has 1 aromatic rings. The molecule has 0 bridgehead atoms. The van der Waals surface area contributed by atoms with Crippen LogP contribution in [0.15, 0.2) is 30.3 Å². The summed E-state index contributed by atoms with van der Waals surface area (Å²) in [7, 11) is -4.67. The lowest BCUT2D eigenvalue weighted by Crippen LogP contribution is -1.89. The maximum atomic E-state index is 8.74. The smallest absolute Gasteiger partial charge is 0.394 e. The van der Waals surface area contributed by atoms with E-state index in [-0.39, 0.29) is 0 Å². The van der Waals surface area contributed by atoms with Gasteiger partial charge in [0.2, 0.25) is 0 Å². The fourth-order valence-electron chi connectivity index (χ4n) is 0.428. The zero-order valence-corrected chi connectivity index (χ0v) is 12.4. The van der Waals surface area contributed by atoms with Gasteiger partial charge in [-0.1, -0.05) is 42.1 Å². The third kappa shape index (κ3) is 57.9. The second kappa shape index (κ2) is 16.5. The number of hydrogen-bond donors (Lipinski definition) is 5. The van der Waals surface area contributed by atoms with E-state index in [0.717, 1.165) is 0 Å². The number of nitrogens with two attached hydrogens (primary N) is 2. The second-order valence-electron chi connectivity index (χ2n) is 2.25. The number of rotatable bonds is 0. The molecule has 18 heavy (non-hydrogen) atoms. The molecule has 0 aliphatic heterocycles. The van der Waals surface area contributed by atoms with Crippen molar-refractivity contribution in [2.24, 2.45) is 10.3 Å². The predicted octanol–water partition coefficient (Wildman–Crippen LogP) is 1.19. The summed E-state index contributed by atoms with van der Waals surface area (Å²) in [6.07, 6.45) is 3.64. The summed E-state index contributed by atoms with van der Waals surface area (Å²) in [4.78, 5) is 0. The number of hydrogen-bond acceptors (Lipinski definition) is 7. The highest BCUT2D eigenvalue weighted by atomic mass is 32.3. The minimum absolute atomic E-state index is 0.322. The van der Waals surface area contributed by atoms with Gasteiger partial charge in [-0.05, 0) is 24.6 Å². The van der Waals surface area contributed by atoms with E-state index < -0.39 is 10.4 Å². The highest BCUT2D eigenvalue weighted by Gasteiger charge is 1.84. The van der Waals surface area contributed by atoms with Crippen LogP contribution in [-0.4, -0.2) is 35.1 Å². The van der Waals surface area contributed by atoms with Crippen molar-refractivity contribution in [1.29, 1.82) is 0 Å². The summed E-state index contributed by atoms with van der Waals surface area (Å²) in [5.74, 6) is 0.322. The van der Waals surface area contributed by atoms with Gasteiger partial charge in [-0.2, -0.15) is 8.42 Å². The van der Waals surface area contributed by atoms with Crippen LogP contribution in [0.3, 0.4) is 0 Å². The molecule has 0 aliphatic carbocycles. The molecular formula is C8H18N2O5S3. The molecule has 0 fully saturated rings. The molecule has 1 rings (SSSR count). The fraction of sp³-hybridized carbons (Fsp3) is 0.250. The first kappa shape index (κ1) is 22.7. The minimum Gasteiger partial charge on any atom is -0.508 e. The van der Waals surface area contributed by atoms with Crippen LogP contribution in [0.5, 0.6) is 5.75 Å². The standard InChI is InChI=1S/C6H6O.2CH5NS.H2O4S/c7-6-4-2-1-3-5-6;2*1-3-2;1-5(2,3)4/h1-5,7H;2*2H2,1H3;(H2,1,2,3,4). The number of para-hydroxylation sites is 1. The lowest BCUT2D eigenvalue weighted by molar-refractivity contribution is 0.381. The summed E-state index contributed by atoms with van der Waals surface area (Å²) >= 11 is 2.50. The first-order valence-electron chi connectivity index (χ1n) is 4.12. The Labute approximate surface area is 116 Å². The van der Waals surface area contributed by atoms with Crippen molar-refractivity contribution in [2.75, 3.05) is 12.5 Å². The van der Waals surface area contributed by atoms with Crippen LogP contribution >= 0.6 is 23.9 Å². The van der Waals surface area contributed by atoms with Crippen LogP contribution in [0, 0.1) is 0 Å². The highest BCUT2D eigenvalue weighted by molar-refractivity contribution is 7.96. The molecule has 0 spiro atoms. The molecule has 0 heterocycles. The SMILES string of the molecule is CSN.CSN.O=S(=O)(O)O.Oc1ccccc1. The van der Waals surface area contributed by atoms with E-state index in [1.54, 1.807) is 24.3 Å². The molecule has 0 saturated carbocycles. The van der Waals surface area contributed by atoms with Crippen LogP contribution < -0.4 is 10.3 Å². The van der Waals surface area contributed by atoms with E-state index in [1.165, 1.54) is 23.9 Å². The quantitative estimate of drug-likeness (QED) is 0.351. The largest absolute Gasteiger partial charge is 0.508 e. The van der Waals surface area contributed by atoms with Gasteiger partial charge in [-0.25, -0.2) is 0 Å². The van der Waals surface area contributed by atoms with Gasteiger partial charge in [0.1, 0.15) is 5.75 Å². The average molecular weight is 318 g/mol. The molecule has 0 unspecified atom stereocenters. The first-order valence-corrected chi connectivity index (χ1v) is 8.09. The van der Waals surface area contributed by atoms with Gasteiger partial charge < -0.3 is 5.11 Å². The zero-order valence-electron chi connectivity index (χ0n) is 9.92. The Balaban J connectivity index is -0.000000182. The molecule has 7 N–H and O–H groups in total. The topological polar surface area (TPSA) is 147 Å². The van der Waals surface area contributed by atoms with E-state index >= 15 is 0 Å². The van der Waals surface area contributed by atoms with Crippen molar-refractivity contribution in [2.45, 2.75) is 0 Å². The van der Waals surface area contributed by atoms with Crippen LogP contribution in [0.1, 0.15) is 0 Å². The van der Waals surface area contributed by atoms with Gasteiger partial charge in [0.05, 0.1) is 0 Å². The molecule has 1 aromatic carbocycles. The minimum atomic E-state index is -4.67. The van der Waals surface area contributed by atoms with Crippen molar-refractivity contribution in [3.63, 3.8) is 0 Å². The maximum absolute atomic E-state index is 8.74. The Bertz CT molecular complexity index is 337. The van der Waals surface area contributed by atoms with Gasteiger partial charge in [-0.15, -0.1) is 0 Å². The van der Waals surface area contributed by atoms with E-state index in [2.05, 4.69) is 0 Å². The van der Waals surface area contributed by atoms with Gasteiger partial charge in [-0.3, -0.25) is 19.4 Å². The molecule has 0 atom stereocenters. The van der Waals surface area contributed by atoms with Crippen molar-refractivity contribution >= 4 is 34.3 Å². The molecular weight excluding hydrogens is 300 g/mol. The Morgan fingerprint density at radius 3 is 1.33 bits per heavy atom. The van der Waals surface area contributed by atoms with E-state index in [0.29, 0.717) is 5.75 Å². The van der Waals surface area contributed by atoms with Gasteiger partial charge in [0.25, 0.3) is 0 Å².